The van der Waals surface area contributed by atoms with Crippen LogP contribution in [0, 0.1) is 17.3 Å². The van der Waals surface area contributed by atoms with Gasteiger partial charge in [-0.15, -0.1) is 0 Å². The van der Waals surface area contributed by atoms with Crippen molar-refractivity contribution < 1.29 is 19.4 Å². The van der Waals surface area contributed by atoms with Gasteiger partial charge >= 0.3 is 0 Å². The maximum absolute atomic E-state index is 13.3. The van der Waals surface area contributed by atoms with Crippen LogP contribution >= 0.6 is 0 Å². The minimum Gasteiger partial charge on any atom is -0.467 e. The Balaban J connectivity index is 1.41. The Morgan fingerprint density at radius 2 is 2.14 bits per heavy atom. The van der Waals surface area contributed by atoms with E-state index in [9.17, 15) is 14.7 Å². The lowest BCUT2D eigenvalue weighted by Crippen LogP contribution is -2.69. The number of ether oxygens (including phenoxy) is 1. The van der Waals surface area contributed by atoms with E-state index < -0.39 is 11.8 Å². The van der Waals surface area contributed by atoms with Crippen molar-refractivity contribution in [3.63, 3.8) is 0 Å². The van der Waals surface area contributed by atoms with Gasteiger partial charge in [-0.05, 0) is 49.7 Å². The molecule has 3 saturated carbocycles. The van der Waals surface area contributed by atoms with Crippen LogP contribution < -0.4 is 10.1 Å². The fraction of sp³-hybridized carbons (Fsp3) is 0.636. The summed E-state index contributed by atoms with van der Waals surface area (Å²) in [7, 11) is 0. The van der Waals surface area contributed by atoms with Crippen LogP contribution in [0.2, 0.25) is 0 Å². The summed E-state index contributed by atoms with van der Waals surface area (Å²) in [4.78, 5) is 27.9. The van der Waals surface area contributed by atoms with E-state index in [0.717, 1.165) is 38.6 Å². The minimum absolute atomic E-state index is 0.0696. The van der Waals surface area contributed by atoms with Crippen molar-refractivity contribution in [1.29, 1.82) is 0 Å². The van der Waals surface area contributed by atoms with E-state index >= 15 is 0 Å². The Morgan fingerprint density at radius 3 is 2.93 bits per heavy atom. The average Bonchev–Trinajstić information content (AvgIpc) is 2.67. The third-order valence-corrected chi connectivity index (χ3v) is 7.51. The summed E-state index contributed by atoms with van der Waals surface area (Å²) in [6, 6.07) is 7.38. The Morgan fingerprint density at radius 1 is 1.32 bits per heavy atom. The zero-order chi connectivity index (χ0) is 19.5. The summed E-state index contributed by atoms with van der Waals surface area (Å²) in [5.41, 5.74) is -0.348. The number of β-amino-alcohol motifs (C(OH)–C–C–N with tert-alkyl or cyclic N) is 1. The van der Waals surface area contributed by atoms with Crippen molar-refractivity contribution in [2.75, 3.05) is 13.1 Å². The molecule has 2 bridgehead atoms. The molecule has 2 aliphatic heterocycles. The number of hydrogen-bond acceptors (Lipinski definition) is 4. The molecule has 6 nitrogen and oxygen atoms in total. The Kier molecular flexibility index (Phi) is 3.99. The van der Waals surface area contributed by atoms with Gasteiger partial charge in [-0.3, -0.25) is 9.59 Å². The van der Waals surface area contributed by atoms with E-state index in [1.54, 1.807) is 6.07 Å². The fourth-order valence-electron chi connectivity index (χ4n) is 6.01. The number of fused-ring (bicyclic) bond motifs is 3. The lowest BCUT2D eigenvalue weighted by molar-refractivity contribution is -0.176. The largest absolute Gasteiger partial charge is 0.467 e. The van der Waals surface area contributed by atoms with E-state index in [2.05, 4.69) is 12.2 Å². The standard InChI is InChI=1S/C22H28N2O4/c1-21-9-8-14(11-17(21)20(27)24-10-4-5-15(25)12-24)22(13-21)23-19(26)16-6-2-3-7-18(16)28-22/h2-3,6-7,14-15,17,25H,4-5,8-13H2,1H3,(H,23,26)/t14-,15-,17+,21+,22-/m0/s1. The number of aliphatic hydroxyl groups is 1. The first kappa shape index (κ1) is 18.0. The van der Waals surface area contributed by atoms with E-state index in [4.69, 9.17) is 4.74 Å². The zero-order valence-electron chi connectivity index (χ0n) is 16.3. The predicted molar refractivity (Wildman–Crippen MR) is 103 cm³/mol. The molecule has 3 aliphatic carbocycles. The molecule has 2 N–H and O–H groups in total. The van der Waals surface area contributed by atoms with Gasteiger partial charge in [0, 0.05) is 31.3 Å². The molecular formula is C22H28N2O4. The molecule has 1 spiro atoms. The normalized spacial score (nSPS) is 39.3. The summed E-state index contributed by atoms with van der Waals surface area (Å²) in [6.07, 6.45) is 4.52. The van der Waals surface area contributed by atoms with Gasteiger partial charge in [0.2, 0.25) is 5.91 Å². The zero-order valence-corrected chi connectivity index (χ0v) is 16.3. The van der Waals surface area contributed by atoms with Gasteiger partial charge in [-0.25, -0.2) is 0 Å². The first-order valence-electron chi connectivity index (χ1n) is 10.5. The van der Waals surface area contributed by atoms with Crippen LogP contribution in [0.25, 0.3) is 0 Å². The summed E-state index contributed by atoms with van der Waals surface area (Å²) >= 11 is 0. The van der Waals surface area contributed by atoms with E-state index in [1.165, 1.54) is 0 Å². The number of carbonyl (C=O) groups excluding carboxylic acids is 2. The average molecular weight is 384 g/mol. The number of aliphatic hydroxyl groups excluding tert-OH is 1. The van der Waals surface area contributed by atoms with Gasteiger partial charge in [0.1, 0.15) is 5.75 Å². The lowest BCUT2D eigenvalue weighted by Gasteiger charge is -2.60. The smallest absolute Gasteiger partial charge is 0.258 e. The first-order valence-corrected chi connectivity index (χ1v) is 10.5. The van der Waals surface area contributed by atoms with Crippen molar-refractivity contribution >= 4 is 11.8 Å². The number of nitrogens with zero attached hydrogens (tertiary/aromatic N) is 1. The van der Waals surface area contributed by atoms with Crippen molar-refractivity contribution in [3.8, 4) is 5.75 Å². The van der Waals surface area contributed by atoms with Gasteiger partial charge < -0.3 is 20.1 Å². The molecule has 2 amide bonds. The molecule has 0 aromatic heterocycles. The SMILES string of the molecule is C[C@]12CC[C@@H](C[C@@H]1C(=O)N1CCC[C@H](O)C1)[C@@]1(C2)NC(=O)c2ccccc2O1. The van der Waals surface area contributed by atoms with Crippen molar-refractivity contribution in [2.24, 2.45) is 17.3 Å². The molecule has 1 aromatic rings. The predicted octanol–water partition coefficient (Wildman–Crippen LogP) is 2.31. The van der Waals surface area contributed by atoms with E-state index in [1.807, 2.05) is 23.1 Å². The number of likely N-dealkylation sites (tertiary alicyclic amines) is 1. The Hall–Kier alpha value is -2.08. The van der Waals surface area contributed by atoms with E-state index in [0.29, 0.717) is 24.3 Å². The molecule has 150 valence electrons. The number of hydrogen-bond donors (Lipinski definition) is 2. The van der Waals surface area contributed by atoms with Gasteiger partial charge in [0.15, 0.2) is 5.72 Å². The molecule has 5 atom stereocenters. The number of benzene rings is 1. The number of piperidine rings is 1. The monoisotopic (exact) mass is 384 g/mol. The fourth-order valence-corrected chi connectivity index (χ4v) is 6.01. The van der Waals surface area contributed by atoms with Gasteiger partial charge in [0.05, 0.1) is 11.7 Å². The summed E-state index contributed by atoms with van der Waals surface area (Å²) < 4.78 is 6.42. The topological polar surface area (TPSA) is 78.9 Å². The van der Waals surface area contributed by atoms with Crippen LogP contribution in [-0.2, 0) is 4.79 Å². The summed E-state index contributed by atoms with van der Waals surface area (Å²) in [5, 5.41) is 13.1. The molecule has 1 aromatic carbocycles. The van der Waals surface area contributed by atoms with E-state index in [-0.39, 0.29) is 29.1 Å². The third-order valence-electron chi connectivity index (χ3n) is 7.51. The van der Waals surface area contributed by atoms with Crippen molar-refractivity contribution in [2.45, 2.75) is 57.3 Å². The maximum atomic E-state index is 13.3. The van der Waals surface area contributed by atoms with Crippen LogP contribution in [0.3, 0.4) is 0 Å². The molecule has 0 radical (unpaired) electrons. The van der Waals surface area contributed by atoms with Gasteiger partial charge in [-0.1, -0.05) is 19.1 Å². The van der Waals surface area contributed by atoms with Crippen LogP contribution in [0.15, 0.2) is 24.3 Å². The molecule has 6 heteroatoms. The van der Waals surface area contributed by atoms with Crippen molar-refractivity contribution in [3.05, 3.63) is 29.8 Å². The molecule has 28 heavy (non-hydrogen) atoms. The third kappa shape index (κ3) is 2.65. The minimum atomic E-state index is -0.712. The number of carbonyl (C=O) groups is 2. The number of rotatable bonds is 1. The Bertz CT molecular complexity index is 827. The lowest BCUT2D eigenvalue weighted by atomic mass is 9.52. The Labute approximate surface area is 165 Å². The quantitative estimate of drug-likeness (QED) is 0.779. The second-order valence-corrected chi connectivity index (χ2v) is 9.38. The van der Waals surface area contributed by atoms with Crippen LogP contribution in [0.5, 0.6) is 5.75 Å². The molecule has 4 fully saturated rings. The van der Waals surface area contributed by atoms with Crippen molar-refractivity contribution in [1.82, 2.24) is 10.2 Å². The first-order chi connectivity index (χ1) is 13.4. The molecule has 1 saturated heterocycles. The molecule has 6 rings (SSSR count). The number of amides is 2. The second kappa shape index (κ2) is 6.21. The molecule has 2 heterocycles. The highest BCUT2D eigenvalue weighted by Crippen LogP contribution is 2.59. The second-order valence-electron chi connectivity index (χ2n) is 9.38. The number of para-hydroxylation sites is 1. The summed E-state index contributed by atoms with van der Waals surface area (Å²) in [6.45, 7) is 3.35. The van der Waals surface area contributed by atoms with Crippen LogP contribution in [0.4, 0.5) is 0 Å². The molecule has 5 aliphatic rings. The highest BCUT2D eigenvalue weighted by molar-refractivity contribution is 5.98. The highest BCUT2D eigenvalue weighted by Gasteiger charge is 2.62. The molecule has 0 unspecified atom stereocenters. The maximum Gasteiger partial charge on any atom is 0.258 e. The van der Waals surface area contributed by atoms with Crippen LogP contribution in [-0.4, -0.2) is 46.7 Å². The van der Waals surface area contributed by atoms with Crippen LogP contribution in [0.1, 0.15) is 55.8 Å². The highest BCUT2D eigenvalue weighted by atomic mass is 16.5. The summed E-state index contributed by atoms with van der Waals surface area (Å²) in [5.74, 6) is 0.780. The van der Waals surface area contributed by atoms with Gasteiger partial charge in [-0.2, -0.15) is 0 Å². The molecular weight excluding hydrogens is 356 g/mol. The van der Waals surface area contributed by atoms with Gasteiger partial charge in [0.25, 0.3) is 5.91 Å². The number of nitrogens with one attached hydrogen (secondary N) is 1.